The molecule has 1 aliphatic rings. The SMILES string of the molecule is CCCCCC/C=C/CC/C=C/CC/C=C/CCCC(O)C(O)C(COC1OC(CO)C(O)C(O)C1O)NC(=O)C(O)CCCCCCCCCCCC/C=C\C/C=C\CCCCCCCCCCC. The summed E-state index contributed by atoms with van der Waals surface area (Å²) >= 11 is 0. The van der Waals surface area contributed by atoms with Gasteiger partial charge >= 0.3 is 0 Å². The lowest BCUT2D eigenvalue weighted by Gasteiger charge is -2.40. The Hall–Kier alpha value is -2.19. The first kappa shape index (κ1) is 65.8. The van der Waals surface area contributed by atoms with Crippen LogP contribution in [0.25, 0.3) is 0 Å². The van der Waals surface area contributed by atoms with Gasteiger partial charge in [-0.3, -0.25) is 4.79 Å². The minimum absolute atomic E-state index is 0.238. The number of hydrogen-bond acceptors (Lipinski definition) is 10. The van der Waals surface area contributed by atoms with Gasteiger partial charge in [0.05, 0.1) is 25.4 Å². The molecule has 1 aliphatic heterocycles. The third-order valence-electron chi connectivity index (χ3n) is 13.5. The number of rotatable bonds is 48. The molecular formula is C59H107NO10. The zero-order valence-electron chi connectivity index (χ0n) is 44.5. The minimum atomic E-state index is -1.68. The van der Waals surface area contributed by atoms with E-state index in [1.165, 1.54) is 135 Å². The number of ether oxygens (including phenoxy) is 2. The zero-order chi connectivity index (χ0) is 51.1. The highest BCUT2D eigenvalue weighted by molar-refractivity contribution is 5.80. The summed E-state index contributed by atoms with van der Waals surface area (Å²) in [6.45, 7) is 3.42. The van der Waals surface area contributed by atoms with Gasteiger partial charge in [-0.1, -0.05) is 203 Å². The van der Waals surface area contributed by atoms with Crippen LogP contribution in [-0.2, 0) is 14.3 Å². The van der Waals surface area contributed by atoms with Crippen molar-refractivity contribution in [1.29, 1.82) is 0 Å². The molecule has 1 heterocycles. The molecule has 0 aromatic rings. The minimum Gasteiger partial charge on any atom is -0.394 e. The van der Waals surface area contributed by atoms with E-state index < -0.39 is 74.2 Å². The van der Waals surface area contributed by atoms with Crippen LogP contribution in [0.4, 0.5) is 0 Å². The van der Waals surface area contributed by atoms with Crippen molar-refractivity contribution in [2.45, 2.75) is 294 Å². The van der Waals surface area contributed by atoms with Gasteiger partial charge in [-0.25, -0.2) is 0 Å². The van der Waals surface area contributed by atoms with Crippen LogP contribution in [0.1, 0.15) is 239 Å². The predicted molar refractivity (Wildman–Crippen MR) is 288 cm³/mol. The smallest absolute Gasteiger partial charge is 0.249 e. The van der Waals surface area contributed by atoms with Gasteiger partial charge in [-0.15, -0.1) is 0 Å². The van der Waals surface area contributed by atoms with Gasteiger partial charge in [0.2, 0.25) is 5.91 Å². The molecule has 11 nitrogen and oxygen atoms in total. The molecule has 0 radical (unpaired) electrons. The maximum Gasteiger partial charge on any atom is 0.249 e. The lowest BCUT2D eigenvalue weighted by molar-refractivity contribution is -0.303. The highest BCUT2D eigenvalue weighted by Gasteiger charge is 2.44. The Morgan fingerprint density at radius 3 is 1.37 bits per heavy atom. The lowest BCUT2D eigenvalue weighted by Crippen LogP contribution is -2.60. The van der Waals surface area contributed by atoms with E-state index >= 15 is 0 Å². The Morgan fingerprint density at radius 1 is 0.500 bits per heavy atom. The molecule has 1 amide bonds. The normalized spacial score (nSPS) is 20.7. The van der Waals surface area contributed by atoms with E-state index in [4.69, 9.17) is 9.47 Å². The van der Waals surface area contributed by atoms with E-state index in [0.29, 0.717) is 19.3 Å². The standard InChI is InChI=1S/C59H107NO10/c1-3-5-7-9-11-13-15-17-19-21-22-23-24-25-26-27-28-29-31-33-35-37-39-41-43-45-47-52(63)58(68)60-50(49-69-59-57(67)56(66)55(65)53(48-61)70-59)54(64)51(62)46-44-42-40-38-36-34-32-30-20-18-16-14-12-10-8-6-4-2/h14,16,22-23,25-26,30,32,38,40,50-57,59,61-67H,3-13,15,17-21,24,27-29,31,33-37,39,41-49H2,1-2H3,(H,60,68)/b16-14+,23-22-,26-25-,32-30+,40-38+. The number of aliphatic hydroxyl groups is 7. The molecule has 0 spiro atoms. The highest BCUT2D eigenvalue weighted by atomic mass is 16.7. The number of hydrogen-bond donors (Lipinski definition) is 8. The van der Waals surface area contributed by atoms with Gasteiger partial charge < -0.3 is 50.5 Å². The fourth-order valence-electron chi connectivity index (χ4n) is 8.80. The van der Waals surface area contributed by atoms with E-state index in [1.54, 1.807) is 0 Å². The molecule has 0 aromatic carbocycles. The summed E-state index contributed by atoms with van der Waals surface area (Å²) in [5.74, 6) is -0.716. The van der Waals surface area contributed by atoms with Crippen LogP contribution in [0.2, 0.25) is 0 Å². The number of allylic oxidation sites excluding steroid dienone is 10. The first-order valence-corrected chi connectivity index (χ1v) is 28.7. The average molecular weight is 991 g/mol. The van der Waals surface area contributed by atoms with Crippen molar-refractivity contribution < 1.29 is 50.0 Å². The van der Waals surface area contributed by atoms with Crippen molar-refractivity contribution in [2.75, 3.05) is 13.2 Å². The van der Waals surface area contributed by atoms with Crippen LogP contribution in [0.15, 0.2) is 60.8 Å². The van der Waals surface area contributed by atoms with Gasteiger partial charge in [0.15, 0.2) is 6.29 Å². The van der Waals surface area contributed by atoms with Crippen molar-refractivity contribution in [2.24, 2.45) is 0 Å². The summed E-state index contributed by atoms with van der Waals surface area (Å²) in [7, 11) is 0. The molecule has 8 N–H and O–H groups in total. The number of unbranched alkanes of at least 4 members (excludes halogenated alkanes) is 26. The number of aliphatic hydroxyl groups excluding tert-OH is 7. The van der Waals surface area contributed by atoms with Crippen molar-refractivity contribution in [3.05, 3.63) is 60.8 Å². The van der Waals surface area contributed by atoms with E-state index in [-0.39, 0.29) is 12.8 Å². The van der Waals surface area contributed by atoms with Gasteiger partial charge in [-0.05, 0) is 96.3 Å². The van der Waals surface area contributed by atoms with Crippen molar-refractivity contribution in [3.63, 3.8) is 0 Å². The average Bonchev–Trinajstić information content (AvgIpc) is 3.36. The molecule has 9 unspecified atom stereocenters. The summed E-state index contributed by atoms with van der Waals surface area (Å²) < 4.78 is 11.1. The lowest BCUT2D eigenvalue weighted by atomic mass is 9.98. The molecule has 0 aromatic heterocycles. The first-order valence-electron chi connectivity index (χ1n) is 28.7. The Labute approximate surface area is 427 Å². The van der Waals surface area contributed by atoms with Crippen molar-refractivity contribution >= 4 is 5.91 Å². The largest absolute Gasteiger partial charge is 0.394 e. The second-order valence-corrected chi connectivity index (χ2v) is 20.0. The summed E-state index contributed by atoms with van der Waals surface area (Å²) in [5, 5.41) is 76.0. The topological polar surface area (TPSA) is 189 Å². The summed E-state index contributed by atoms with van der Waals surface area (Å²) in [4.78, 5) is 13.2. The van der Waals surface area contributed by atoms with Crippen LogP contribution in [0.5, 0.6) is 0 Å². The maximum atomic E-state index is 13.2. The number of carbonyl (C=O) groups is 1. The summed E-state index contributed by atoms with van der Waals surface area (Å²) in [6.07, 6.45) is 49.9. The molecule has 0 saturated carbocycles. The Morgan fingerprint density at radius 2 is 0.900 bits per heavy atom. The zero-order valence-corrected chi connectivity index (χ0v) is 44.5. The van der Waals surface area contributed by atoms with E-state index in [9.17, 15) is 40.5 Å². The molecule has 1 saturated heterocycles. The Balaban J connectivity index is 2.34. The van der Waals surface area contributed by atoms with Crippen LogP contribution < -0.4 is 5.32 Å². The summed E-state index contributed by atoms with van der Waals surface area (Å²) in [6, 6.07) is -1.20. The molecule has 1 fully saturated rings. The Bertz CT molecular complexity index is 1320. The van der Waals surface area contributed by atoms with Crippen molar-refractivity contribution in [1.82, 2.24) is 5.32 Å². The second-order valence-electron chi connectivity index (χ2n) is 20.0. The third kappa shape index (κ3) is 35.8. The van der Waals surface area contributed by atoms with Crippen molar-refractivity contribution in [3.8, 4) is 0 Å². The quantitative estimate of drug-likeness (QED) is 0.0215. The molecule has 1 rings (SSSR count). The Kier molecular flexibility index (Phi) is 44.9. The second kappa shape index (κ2) is 47.8. The van der Waals surface area contributed by atoms with Gasteiger partial charge in [0, 0.05) is 0 Å². The molecule has 0 aliphatic carbocycles. The number of carbonyl (C=O) groups excluding carboxylic acids is 1. The first-order chi connectivity index (χ1) is 34.2. The van der Waals surface area contributed by atoms with Gasteiger partial charge in [0.25, 0.3) is 0 Å². The highest BCUT2D eigenvalue weighted by Crippen LogP contribution is 2.23. The third-order valence-corrected chi connectivity index (χ3v) is 13.5. The van der Waals surface area contributed by atoms with E-state index in [2.05, 4.69) is 79.9 Å². The molecule has 70 heavy (non-hydrogen) atoms. The molecule has 9 atom stereocenters. The van der Waals surface area contributed by atoms with Crippen LogP contribution in [0.3, 0.4) is 0 Å². The van der Waals surface area contributed by atoms with Crippen LogP contribution in [0, 0.1) is 0 Å². The van der Waals surface area contributed by atoms with Crippen LogP contribution >= 0.6 is 0 Å². The molecular weight excluding hydrogens is 883 g/mol. The van der Waals surface area contributed by atoms with E-state index in [0.717, 1.165) is 57.8 Å². The fourth-order valence-corrected chi connectivity index (χ4v) is 8.80. The maximum absolute atomic E-state index is 13.2. The van der Waals surface area contributed by atoms with Gasteiger partial charge in [0.1, 0.15) is 36.6 Å². The predicted octanol–water partition coefficient (Wildman–Crippen LogP) is 11.8. The monoisotopic (exact) mass is 990 g/mol. The van der Waals surface area contributed by atoms with Crippen LogP contribution in [-0.4, -0.2) is 110 Å². The number of amides is 1. The number of nitrogens with one attached hydrogen (secondary N) is 1. The van der Waals surface area contributed by atoms with Gasteiger partial charge in [-0.2, -0.15) is 0 Å². The molecule has 0 bridgehead atoms. The summed E-state index contributed by atoms with van der Waals surface area (Å²) in [5.41, 5.74) is 0. The molecule has 11 heteroatoms. The molecule has 408 valence electrons. The van der Waals surface area contributed by atoms with E-state index in [1.807, 2.05) is 0 Å². The fraction of sp³-hybridized carbons (Fsp3) is 0.814.